The number of nitrogens with zero attached hydrogens (tertiary/aromatic N) is 1. The van der Waals surface area contributed by atoms with Crippen LogP contribution in [0.1, 0.15) is 50.6 Å². The first kappa shape index (κ1) is 18.4. The van der Waals surface area contributed by atoms with Gasteiger partial charge in [0.25, 0.3) is 5.56 Å². The third kappa shape index (κ3) is 7.12. The molecule has 0 bridgehead atoms. The molecule has 0 unspecified atom stereocenters. The van der Waals surface area contributed by atoms with Crippen molar-refractivity contribution in [3.63, 3.8) is 0 Å². The minimum atomic E-state index is -0.170. The molecule has 0 aromatic carbocycles. The number of carbonyl (C=O) groups excluding carboxylic acids is 1. The molecule has 0 atom stereocenters. The molecule has 7 heteroatoms. The van der Waals surface area contributed by atoms with E-state index >= 15 is 0 Å². The van der Waals surface area contributed by atoms with Crippen molar-refractivity contribution >= 4 is 11.9 Å². The van der Waals surface area contributed by atoms with Crippen molar-refractivity contribution in [3.05, 3.63) is 22.1 Å². The van der Waals surface area contributed by atoms with Gasteiger partial charge in [0.05, 0.1) is 6.54 Å². The lowest BCUT2D eigenvalue weighted by atomic mass is 9.97. The van der Waals surface area contributed by atoms with Gasteiger partial charge in [-0.15, -0.1) is 0 Å². The Morgan fingerprint density at radius 3 is 2.62 bits per heavy atom. The van der Waals surface area contributed by atoms with Crippen LogP contribution in [0.3, 0.4) is 0 Å². The summed E-state index contributed by atoms with van der Waals surface area (Å²) in [6, 6.07) is 1.78. The summed E-state index contributed by atoms with van der Waals surface area (Å²) in [5, 5.41) is 9.27. The Balaban J connectivity index is 1.59. The van der Waals surface area contributed by atoms with Crippen LogP contribution in [0.2, 0.25) is 0 Å². The summed E-state index contributed by atoms with van der Waals surface area (Å²) < 4.78 is 0. The van der Waals surface area contributed by atoms with Crippen molar-refractivity contribution < 1.29 is 4.79 Å². The van der Waals surface area contributed by atoms with E-state index in [9.17, 15) is 9.59 Å². The molecule has 1 aliphatic carbocycles. The minimum absolute atomic E-state index is 0.0580. The van der Waals surface area contributed by atoms with E-state index in [0.29, 0.717) is 37.3 Å². The van der Waals surface area contributed by atoms with Crippen molar-refractivity contribution in [2.24, 2.45) is 0 Å². The smallest absolute Gasteiger partial charge is 0.252 e. The fourth-order valence-electron chi connectivity index (χ4n) is 3.01. The lowest BCUT2D eigenvalue weighted by Crippen LogP contribution is -2.41. The normalized spacial score (nSPS) is 16.2. The number of hydrogen-bond donors (Lipinski definition) is 4. The third-order valence-electron chi connectivity index (χ3n) is 4.22. The number of hydrogen-bond acceptors (Lipinski definition) is 5. The molecule has 1 amide bonds. The summed E-state index contributed by atoms with van der Waals surface area (Å²) in [5.41, 5.74) is 0.504. The van der Waals surface area contributed by atoms with E-state index in [0.717, 1.165) is 12.8 Å². The second-order valence-electron chi connectivity index (χ2n) is 6.45. The molecule has 0 radical (unpaired) electrons. The Morgan fingerprint density at radius 1 is 1.21 bits per heavy atom. The molecule has 1 heterocycles. The summed E-state index contributed by atoms with van der Waals surface area (Å²) in [4.78, 5) is 30.1. The van der Waals surface area contributed by atoms with Gasteiger partial charge in [-0.3, -0.25) is 14.6 Å². The van der Waals surface area contributed by atoms with E-state index < -0.39 is 0 Å². The Kier molecular flexibility index (Phi) is 7.74. The Bertz CT molecular complexity index is 564. The van der Waals surface area contributed by atoms with Crippen LogP contribution in [0.4, 0.5) is 5.95 Å². The second kappa shape index (κ2) is 10.1. The number of anilines is 1. The minimum Gasteiger partial charge on any atom is -0.354 e. The Labute approximate surface area is 143 Å². The van der Waals surface area contributed by atoms with E-state index in [4.69, 9.17) is 0 Å². The predicted molar refractivity (Wildman–Crippen MR) is 95.2 cm³/mol. The zero-order chi connectivity index (χ0) is 17.2. The average molecular weight is 335 g/mol. The number of aromatic amines is 1. The lowest BCUT2D eigenvalue weighted by molar-refractivity contribution is -0.121. The molecule has 24 heavy (non-hydrogen) atoms. The molecule has 0 saturated heterocycles. The van der Waals surface area contributed by atoms with Crippen LogP contribution in [0.15, 0.2) is 10.9 Å². The summed E-state index contributed by atoms with van der Waals surface area (Å²) in [5.74, 6) is 0.517. The number of nitrogens with one attached hydrogen (secondary N) is 4. The van der Waals surface area contributed by atoms with Gasteiger partial charge < -0.3 is 16.0 Å². The van der Waals surface area contributed by atoms with Crippen molar-refractivity contribution in [1.29, 1.82) is 0 Å². The molecular formula is C17H29N5O2. The maximum atomic E-state index is 12.0. The third-order valence-corrected chi connectivity index (χ3v) is 4.22. The van der Waals surface area contributed by atoms with Crippen LogP contribution in [-0.2, 0) is 4.79 Å². The summed E-state index contributed by atoms with van der Waals surface area (Å²) in [6.45, 7) is 3.30. The van der Waals surface area contributed by atoms with Crippen LogP contribution in [-0.4, -0.2) is 41.6 Å². The molecule has 1 aromatic heterocycles. The van der Waals surface area contributed by atoms with Crippen molar-refractivity contribution in [3.8, 4) is 0 Å². The van der Waals surface area contributed by atoms with Gasteiger partial charge in [-0.05, 0) is 19.8 Å². The van der Waals surface area contributed by atoms with Gasteiger partial charge in [-0.2, -0.15) is 0 Å². The van der Waals surface area contributed by atoms with E-state index in [1.165, 1.54) is 38.2 Å². The Hall–Kier alpha value is -1.89. The van der Waals surface area contributed by atoms with Crippen molar-refractivity contribution in [2.75, 3.05) is 25.0 Å². The topological polar surface area (TPSA) is 98.9 Å². The monoisotopic (exact) mass is 335 g/mol. The van der Waals surface area contributed by atoms with Gasteiger partial charge in [-0.25, -0.2) is 4.98 Å². The summed E-state index contributed by atoms with van der Waals surface area (Å²) in [6.07, 6.45) is 8.51. The van der Waals surface area contributed by atoms with Gasteiger partial charge in [0.15, 0.2) is 0 Å². The molecule has 1 fully saturated rings. The van der Waals surface area contributed by atoms with E-state index in [1.54, 1.807) is 6.92 Å². The maximum absolute atomic E-state index is 12.0. The molecule has 1 aliphatic rings. The van der Waals surface area contributed by atoms with Crippen LogP contribution in [0, 0.1) is 6.92 Å². The van der Waals surface area contributed by atoms with E-state index in [1.807, 2.05) is 0 Å². The quantitative estimate of drug-likeness (QED) is 0.563. The highest BCUT2D eigenvalue weighted by molar-refractivity contribution is 5.78. The first-order valence-electron chi connectivity index (χ1n) is 8.95. The summed E-state index contributed by atoms with van der Waals surface area (Å²) >= 11 is 0. The first-order chi connectivity index (χ1) is 11.6. The molecular weight excluding hydrogens is 306 g/mol. The van der Waals surface area contributed by atoms with Gasteiger partial charge in [0.1, 0.15) is 0 Å². The van der Waals surface area contributed by atoms with Crippen molar-refractivity contribution in [2.45, 2.75) is 57.9 Å². The van der Waals surface area contributed by atoms with Gasteiger partial charge >= 0.3 is 0 Å². The van der Waals surface area contributed by atoms with Crippen LogP contribution in [0.25, 0.3) is 0 Å². The Morgan fingerprint density at radius 2 is 1.92 bits per heavy atom. The molecule has 1 saturated carbocycles. The number of amides is 1. The van der Waals surface area contributed by atoms with Crippen molar-refractivity contribution in [1.82, 2.24) is 20.6 Å². The lowest BCUT2D eigenvalue weighted by Gasteiger charge is -2.21. The number of carbonyl (C=O) groups is 1. The number of aromatic nitrogens is 2. The zero-order valence-corrected chi connectivity index (χ0v) is 14.5. The average Bonchev–Trinajstić information content (AvgIpc) is 2.48. The fraction of sp³-hybridized carbons (Fsp3) is 0.706. The van der Waals surface area contributed by atoms with Gasteiger partial charge in [0, 0.05) is 30.9 Å². The van der Waals surface area contributed by atoms with Crippen LogP contribution < -0.4 is 21.5 Å². The number of H-pyrrole nitrogens is 1. The zero-order valence-electron chi connectivity index (χ0n) is 14.5. The number of aryl methyl sites for hydroxylation is 1. The largest absolute Gasteiger partial charge is 0.354 e. The highest BCUT2D eigenvalue weighted by Crippen LogP contribution is 2.16. The fourth-order valence-corrected chi connectivity index (χ4v) is 3.01. The second-order valence-corrected chi connectivity index (χ2v) is 6.45. The number of rotatable bonds is 7. The molecule has 0 aliphatic heterocycles. The molecule has 4 N–H and O–H groups in total. The van der Waals surface area contributed by atoms with E-state index in [2.05, 4.69) is 25.9 Å². The van der Waals surface area contributed by atoms with Gasteiger partial charge in [-0.1, -0.05) is 32.1 Å². The highest BCUT2D eigenvalue weighted by atomic mass is 16.2. The first-order valence-corrected chi connectivity index (χ1v) is 8.95. The maximum Gasteiger partial charge on any atom is 0.252 e. The van der Waals surface area contributed by atoms with E-state index in [-0.39, 0.29) is 11.5 Å². The molecule has 0 spiro atoms. The molecule has 134 valence electrons. The summed E-state index contributed by atoms with van der Waals surface area (Å²) in [7, 11) is 0. The van der Waals surface area contributed by atoms with Crippen LogP contribution >= 0.6 is 0 Å². The standard InChI is InChI=1S/C17H29N5O2/c1-13-11-15(23)22-17(20-13)19-10-9-18-12-16(24)21-14-7-5-3-2-4-6-8-14/h11,14,18H,2-10,12H2,1H3,(H,21,24)(H2,19,20,22,23). The SMILES string of the molecule is Cc1cc(=O)[nH]c(NCCNCC(=O)NC2CCCCCCC2)n1. The molecule has 7 nitrogen and oxygen atoms in total. The van der Waals surface area contributed by atoms with Gasteiger partial charge in [0.2, 0.25) is 11.9 Å². The molecule has 1 aromatic rings. The van der Waals surface area contributed by atoms with Crippen LogP contribution in [0.5, 0.6) is 0 Å². The molecule has 2 rings (SSSR count). The predicted octanol–water partition coefficient (Wildman–Crippen LogP) is 1.31. The highest BCUT2D eigenvalue weighted by Gasteiger charge is 2.13.